The molecule has 0 saturated carbocycles. The number of rotatable bonds is 3. The third-order valence-corrected chi connectivity index (χ3v) is 4.20. The molecule has 1 aromatic carbocycles. The van der Waals surface area contributed by atoms with Gasteiger partial charge in [0.15, 0.2) is 0 Å². The molecule has 8 heteroatoms. The topological polar surface area (TPSA) is 115 Å². The number of aliphatic hydroxyl groups excluding tert-OH is 4. The van der Waals surface area contributed by atoms with E-state index in [4.69, 9.17) is 20.9 Å². The Kier molecular flexibility index (Phi) is 4.13. The van der Waals surface area contributed by atoms with E-state index in [1.807, 2.05) is 24.3 Å². The predicted molar refractivity (Wildman–Crippen MR) is 76.9 cm³/mol. The van der Waals surface area contributed by atoms with Gasteiger partial charge < -0.3 is 30.1 Å². The number of aliphatic hydroxyl groups is 4. The van der Waals surface area contributed by atoms with E-state index < -0.39 is 36.8 Å². The fourth-order valence-corrected chi connectivity index (χ4v) is 2.94. The maximum Gasteiger partial charge on any atom is 0.258 e. The highest BCUT2D eigenvalue weighted by Crippen LogP contribution is 2.41. The second-order valence-corrected chi connectivity index (χ2v) is 5.43. The van der Waals surface area contributed by atoms with Crippen LogP contribution in [0, 0.1) is 0 Å². The molecule has 1 aliphatic heterocycles. The van der Waals surface area contributed by atoms with Crippen molar-refractivity contribution in [3.63, 3.8) is 0 Å². The molecule has 2 aromatic rings. The van der Waals surface area contributed by atoms with Crippen LogP contribution in [0.15, 0.2) is 30.3 Å². The Balaban J connectivity index is 2.09. The molecule has 0 amide bonds. The second kappa shape index (κ2) is 5.78. The molecule has 7 nitrogen and oxygen atoms in total. The third-order valence-electron chi connectivity index (χ3n) is 3.97. The maximum atomic E-state index is 10.3. The number of nitrogens with one attached hydrogen (secondary N) is 1. The first-order chi connectivity index (χ1) is 10.5. The number of halogens is 1. The molecule has 2 heterocycles. The Bertz CT molecular complexity index is 629. The number of aromatic nitrogens is 1. The molecule has 0 unspecified atom stereocenters. The molecular weight excluding hydrogens is 314 g/mol. The van der Waals surface area contributed by atoms with Gasteiger partial charge in [0.25, 0.3) is 5.79 Å². The van der Waals surface area contributed by atoms with Crippen molar-refractivity contribution in [1.82, 2.24) is 4.98 Å². The van der Waals surface area contributed by atoms with Gasteiger partial charge >= 0.3 is 0 Å². The van der Waals surface area contributed by atoms with Gasteiger partial charge in [-0.15, -0.1) is 0 Å². The van der Waals surface area contributed by atoms with Crippen LogP contribution in [0.2, 0.25) is 0 Å². The zero-order chi connectivity index (χ0) is 15.9. The summed E-state index contributed by atoms with van der Waals surface area (Å²) >= 11 is 5.55. The Labute approximate surface area is 130 Å². The summed E-state index contributed by atoms with van der Waals surface area (Å²) < 4.78 is 10.3. The number of H-pyrrole nitrogens is 1. The molecule has 1 aliphatic rings. The van der Waals surface area contributed by atoms with Gasteiger partial charge in [-0.3, -0.25) is 0 Å². The summed E-state index contributed by atoms with van der Waals surface area (Å²) in [6.45, 7) is -0.576. The van der Waals surface area contributed by atoms with Crippen molar-refractivity contribution in [2.75, 3.05) is 6.61 Å². The van der Waals surface area contributed by atoms with Gasteiger partial charge in [0.1, 0.15) is 24.4 Å². The highest BCUT2D eigenvalue weighted by Gasteiger charge is 2.56. The Morgan fingerprint density at radius 2 is 1.95 bits per heavy atom. The van der Waals surface area contributed by atoms with Gasteiger partial charge in [0.05, 0.1) is 24.2 Å². The van der Waals surface area contributed by atoms with E-state index in [2.05, 4.69) is 4.98 Å². The summed E-state index contributed by atoms with van der Waals surface area (Å²) in [5, 5.41) is 40.2. The zero-order valence-electron chi connectivity index (χ0n) is 11.4. The molecule has 22 heavy (non-hydrogen) atoms. The van der Waals surface area contributed by atoms with Crippen molar-refractivity contribution >= 4 is 22.8 Å². The van der Waals surface area contributed by atoms with Gasteiger partial charge in [-0.25, -0.2) is 4.29 Å². The fraction of sp³-hybridized carbons (Fsp3) is 0.429. The van der Waals surface area contributed by atoms with Crippen LogP contribution in [0.25, 0.3) is 10.9 Å². The number of ether oxygens (including phenoxy) is 1. The molecule has 1 saturated heterocycles. The lowest BCUT2D eigenvalue weighted by molar-refractivity contribution is -0.346. The average molecular weight is 330 g/mol. The summed E-state index contributed by atoms with van der Waals surface area (Å²) in [7, 11) is 0. The fourth-order valence-electron chi connectivity index (χ4n) is 2.73. The van der Waals surface area contributed by atoms with Gasteiger partial charge in [-0.2, -0.15) is 0 Å². The number of hydrogen-bond donors (Lipinski definition) is 5. The summed E-state index contributed by atoms with van der Waals surface area (Å²) in [6, 6.07) is 8.96. The molecule has 0 bridgehead atoms. The van der Waals surface area contributed by atoms with Crippen molar-refractivity contribution in [2.45, 2.75) is 30.2 Å². The van der Waals surface area contributed by atoms with E-state index >= 15 is 0 Å². The molecule has 0 spiro atoms. The largest absolute Gasteiger partial charge is 0.394 e. The average Bonchev–Trinajstić information content (AvgIpc) is 2.98. The number of para-hydroxylation sites is 1. The summed E-state index contributed by atoms with van der Waals surface area (Å²) in [6.07, 6.45) is -5.89. The van der Waals surface area contributed by atoms with Crippen LogP contribution >= 0.6 is 11.9 Å². The minimum Gasteiger partial charge on any atom is -0.394 e. The lowest BCUT2D eigenvalue weighted by Gasteiger charge is -2.45. The van der Waals surface area contributed by atoms with Gasteiger partial charge in [0, 0.05) is 5.52 Å². The van der Waals surface area contributed by atoms with E-state index in [9.17, 15) is 20.4 Å². The molecule has 0 aliphatic carbocycles. The minimum atomic E-state index is -1.94. The lowest BCUT2D eigenvalue weighted by Crippen LogP contribution is -2.63. The van der Waals surface area contributed by atoms with Gasteiger partial charge in [0.2, 0.25) is 0 Å². The van der Waals surface area contributed by atoms with Crippen LogP contribution in [-0.2, 0) is 14.8 Å². The van der Waals surface area contributed by atoms with E-state index in [1.54, 1.807) is 6.07 Å². The highest BCUT2D eigenvalue weighted by molar-refractivity contribution is 6.07. The highest BCUT2D eigenvalue weighted by atomic mass is 35.5. The van der Waals surface area contributed by atoms with Crippen molar-refractivity contribution in [1.29, 1.82) is 0 Å². The first-order valence-corrected chi connectivity index (χ1v) is 7.05. The van der Waals surface area contributed by atoms with Crippen LogP contribution in [0.1, 0.15) is 5.69 Å². The molecule has 120 valence electrons. The van der Waals surface area contributed by atoms with Crippen molar-refractivity contribution in [3.8, 4) is 0 Å². The number of benzene rings is 1. The lowest BCUT2D eigenvalue weighted by atomic mass is 9.91. The number of aromatic amines is 1. The van der Waals surface area contributed by atoms with E-state index in [-0.39, 0.29) is 5.69 Å². The SMILES string of the molecule is OC[C@H]1O[C@@](OCl)(c2cc3ccccc3[nH]2)[C@H](O)[C@@H](O)[C@H]1O. The van der Waals surface area contributed by atoms with E-state index in [0.29, 0.717) is 0 Å². The molecule has 3 rings (SSSR count). The smallest absolute Gasteiger partial charge is 0.258 e. The second-order valence-electron chi connectivity index (χ2n) is 5.28. The Morgan fingerprint density at radius 1 is 1.23 bits per heavy atom. The molecular formula is C14H16ClNO6. The van der Waals surface area contributed by atoms with Crippen molar-refractivity contribution < 1.29 is 29.5 Å². The van der Waals surface area contributed by atoms with Crippen molar-refractivity contribution in [3.05, 3.63) is 36.0 Å². The number of fused-ring (bicyclic) bond motifs is 1. The van der Waals surface area contributed by atoms with Crippen LogP contribution in [0.5, 0.6) is 0 Å². The van der Waals surface area contributed by atoms with Crippen LogP contribution in [-0.4, -0.2) is 56.4 Å². The third kappa shape index (κ3) is 2.22. The van der Waals surface area contributed by atoms with Crippen LogP contribution in [0.4, 0.5) is 0 Å². The van der Waals surface area contributed by atoms with E-state index in [1.165, 1.54) is 0 Å². The zero-order valence-corrected chi connectivity index (χ0v) is 12.1. The molecule has 0 radical (unpaired) electrons. The quantitative estimate of drug-likeness (QED) is 0.540. The summed E-state index contributed by atoms with van der Waals surface area (Å²) in [4.78, 5) is 3.00. The van der Waals surface area contributed by atoms with Crippen molar-refractivity contribution in [2.24, 2.45) is 0 Å². The Morgan fingerprint density at radius 3 is 2.59 bits per heavy atom. The molecule has 5 N–H and O–H groups in total. The van der Waals surface area contributed by atoms with Gasteiger partial charge in [-0.05, 0) is 17.5 Å². The predicted octanol–water partition coefficient (Wildman–Crippen LogP) is -0.0351. The summed E-state index contributed by atoms with van der Waals surface area (Å²) in [5.74, 6) is -1.94. The standard InChI is InChI=1S/C14H16ClNO6/c15-22-14(10-5-7-3-1-2-4-8(7)16-10)13(20)12(19)11(18)9(6-17)21-14/h1-5,9,11-13,16-20H,6H2/t9-,11+,12+,13-,14-/m1/s1. The van der Waals surface area contributed by atoms with Crippen LogP contribution < -0.4 is 0 Å². The van der Waals surface area contributed by atoms with Gasteiger partial charge in [-0.1, -0.05) is 18.2 Å². The monoisotopic (exact) mass is 329 g/mol. The molecule has 1 fully saturated rings. The first-order valence-electron chi connectivity index (χ1n) is 6.74. The maximum absolute atomic E-state index is 10.3. The molecule has 1 aromatic heterocycles. The Hall–Kier alpha value is -1.19. The summed E-state index contributed by atoms with van der Waals surface area (Å²) in [5.41, 5.74) is 1.02. The minimum absolute atomic E-state index is 0.264. The first kappa shape index (κ1) is 15.7. The number of hydrogen-bond acceptors (Lipinski definition) is 6. The molecule has 5 atom stereocenters. The van der Waals surface area contributed by atoms with E-state index in [0.717, 1.165) is 10.9 Å². The normalized spacial score (nSPS) is 35.9. The van der Waals surface area contributed by atoms with Crippen LogP contribution in [0.3, 0.4) is 0 Å².